The molecule has 2 aromatic carbocycles. The number of carbonyl (C=O) groups is 2. The highest BCUT2D eigenvalue weighted by molar-refractivity contribution is 7.90. The zero-order valence-corrected chi connectivity index (χ0v) is 15.9. The number of esters is 1. The van der Waals surface area contributed by atoms with E-state index in [-0.39, 0.29) is 17.1 Å². The second-order valence-electron chi connectivity index (χ2n) is 6.35. The van der Waals surface area contributed by atoms with E-state index < -0.39 is 21.4 Å². The summed E-state index contributed by atoms with van der Waals surface area (Å²) in [6.45, 7) is 3.33. The minimum absolute atomic E-state index is 0.0801. The third kappa shape index (κ3) is 4.79. The number of ether oxygens (including phenoxy) is 1. The summed E-state index contributed by atoms with van der Waals surface area (Å²) in [5, 5.41) is 0. The first-order chi connectivity index (χ1) is 12.2. The predicted octanol–water partition coefficient (Wildman–Crippen LogP) is 3.23. The van der Waals surface area contributed by atoms with Crippen LogP contribution in [0.5, 0.6) is 0 Å². The molecular formula is C20H22O5S. The van der Waals surface area contributed by atoms with Crippen molar-refractivity contribution < 1.29 is 22.7 Å². The SMILES string of the molecule is CCC(C)(OC(=O)Cc1ccccc1)C(=O)c1ccc(S(C)(=O)=O)cc1. The van der Waals surface area contributed by atoms with Crippen LogP contribution in [0.4, 0.5) is 0 Å². The first-order valence-corrected chi connectivity index (χ1v) is 10.2. The maximum absolute atomic E-state index is 12.8. The molecule has 2 aromatic rings. The molecule has 26 heavy (non-hydrogen) atoms. The molecule has 2 rings (SSSR count). The van der Waals surface area contributed by atoms with E-state index in [2.05, 4.69) is 0 Å². The molecule has 1 atom stereocenters. The van der Waals surface area contributed by atoms with Crippen molar-refractivity contribution in [3.63, 3.8) is 0 Å². The van der Waals surface area contributed by atoms with E-state index in [4.69, 9.17) is 4.74 Å². The van der Waals surface area contributed by atoms with Crippen molar-refractivity contribution in [2.75, 3.05) is 6.26 Å². The summed E-state index contributed by atoms with van der Waals surface area (Å²) in [7, 11) is -3.34. The van der Waals surface area contributed by atoms with Gasteiger partial charge in [-0.2, -0.15) is 0 Å². The Hall–Kier alpha value is -2.47. The highest BCUT2D eigenvalue weighted by Gasteiger charge is 2.36. The minimum atomic E-state index is -3.34. The Bertz CT molecular complexity index is 886. The van der Waals surface area contributed by atoms with Crippen molar-refractivity contribution in [3.8, 4) is 0 Å². The van der Waals surface area contributed by atoms with Gasteiger partial charge in [-0.05, 0) is 43.2 Å². The van der Waals surface area contributed by atoms with Crippen LogP contribution in [0, 0.1) is 0 Å². The number of ketones is 1. The third-order valence-corrected chi connectivity index (χ3v) is 5.36. The molecule has 0 heterocycles. The number of hydrogen-bond donors (Lipinski definition) is 0. The summed E-state index contributed by atoms with van der Waals surface area (Å²) in [4.78, 5) is 25.2. The molecule has 0 aromatic heterocycles. The Labute approximate surface area is 153 Å². The molecule has 0 aliphatic heterocycles. The molecule has 0 saturated heterocycles. The largest absolute Gasteiger partial charge is 0.451 e. The number of benzene rings is 2. The molecule has 0 aliphatic rings. The van der Waals surface area contributed by atoms with Crippen molar-refractivity contribution in [1.82, 2.24) is 0 Å². The van der Waals surface area contributed by atoms with E-state index in [1.807, 2.05) is 30.3 Å². The van der Waals surface area contributed by atoms with Gasteiger partial charge in [-0.25, -0.2) is 8.42 Å². The van der Waals surface area contributed by atoms with Crippen LogP contribution >= 0.6 is 0 Å². The fourth-order valence-electron chi connectivity index (χ4n) is 2.49. The van der Waals surface area contributed by atoms with Crippen LogP contribution in [0.2, 0.25) is 0 Å². The Morgan fingerprint density at radius 3 is 2.08 bits per heavy atom. The number of sulfone groups is 1. The van der Waals surface area contributed by atoms with Gasteiger partial charge in [0.15, 0.2) is 15.4 Å². The maximum Gasteiger partial charge on any atom is 0.311 e. The Morgan fingerprint density at radius 1 is 1.00 bits per heavy atom. The molecule has 0 spiro atoms. The molecule has 0 amide bonds. The second kappa shape index (κ2) is 7.83. The Kier molecular flexibility index (Phi) is 5.97. The van der Waals surface area contributed by atoms with Crippen LogP contribution in [-0.2, 0) is 25.8 Å². The molecule has 1 unspecified atom stereocenters. The minimum Gasteiger partial charge on any atom is -0.451 e. The van der Waals surface area contributed by atoms with Gasteiger partial charge in [-0.1, -0.05) is 37.3 Å². The summed E-state index contributed by atoms with van der Waals surface area (Å²) in [5.74, 6) is -0.844. The molecule has 0 saturated carbocycles. The Balaban J connectivity index is 2.16. The summed E-state index contributed by atoms with van der Waals surface area (Å²) in [6, 6.07) is 14.8. The standard InChI is InChI=1S/C20H22O5S/c1-4-20(2,25-18(21)14-15-8-6-5-7-9-15)19(22)16-10-12-17(13-11-16)26(3,23)24/h5-13H,4,14H2,1-3H3. The van der Waals surface area contributed by atoms with Crippen LogP contribution < -0.4 is 0 Å². The van der Waals surface area contributed by atoms with Gasteiger partial charge in [0.2, 0.25) is 5.78 Å². The maximum atomic E-state index is 12.8. The summed E-state index contributed by atoms with van der Waals surface area (Å²) >= 11 is 0. The van der Waals surface area contributed by atoms with Crippen molar-refractivity contribution >= 4 is 21.6 Å². The van der Waals surface area contributed by atoms with E-state index in [0.717, 1.165) is 11.8 Å². The fraction of sp³-hybridized carbons (Fsp3) is 0.300. The molecule has 0 fully saturated rings. The summed E-state index contributed by atoms with van der Waals surface area (Å²) in [5.41, 5.74) is -0.200. The molecule has 0 radical (unpaired) electrons. The van der Waals surface area contributed by atoms with E-state index in [0.29, 0.717) is 12.0 Å². The van der Waals surface area contributed by atoms with Crippen molar-refractivity contribution in [3.05, 3.63) is 65.7 Å². The molecule has 5 nitrogen and oxygen atoms in total. The number of carbonyl (C=O) groups excluding carboxylic acids is 2. The zero-order valence-electron chi connectivity index (χ0n) is 15.1. The highest BCUT2D eigenvalue weighted by Crippen LogP contribution is 2.23. The van der Waals surface area contributed by atoms with Gasteiger partial charge in [-0.3, -0.25) is 9.59 Å². The van der Waals surface area contributed by atoms with Gasteiger partial charge in [0.1, 0.15) is 0 Å². The van der Waals surface area contributed by atoms with Crippen LogP contribution in [-0.4, -0.2) is 32.0 Å². The van der Waals surface area contributed by atoms with Crippen LogP contribution in [0.15, 0.2) is 59.5 Å². The lowest BCUT2D eigenvalue weighted by molar-refractivity contribution is -0.153. The highest BCUT2D eigenvalue weighted by atomic mass is 32.2. The lowest BCUT2D eigenvalue weighted by Gasteiger charge is -2.27. The van der Waals surface area contributed by atoms with E-state index in [1.165, 1.54) is 24.3 Å². The van der Waals surface area contributed by atoms with E-state index >= 15 is 0 Å². The fourth-order valence-corrected chi connectivity index (χ4v) is 3.12. The monoisotopic (exact) mass is 374 g/mol. The first kappa shape index (κ1) is 19.8. The van der Waals surface area contributed by atoms with Gasteiger partial charge >= 0.3 is 5.97 Å². The predicted molar refractivity (Wildman–Crippen MR) is 98.8 cm³/mol. The van der Waals surface area contributed by atoms with Crippen LogP contribution in [0.3, 0.4) is 0 Å². The van der Waals surface area contributed by atoms with E-state index in [9.17, 15) is 18.0 Å². The van der Waals surface area contributed by atoms with Crippen molar-refractivity contribution in [1.29, 1.82) is 0 Å². The average Bonchev–Trinajstić information content (AvgIpc) is 2.61. The Morgan fingerprint density at radius 2 is 1.58 bits per heavy atom. The average molecular weight is 374 g/mol. The number of Topliss-reactive ketones (excluding diaryl/α,β-unsaturated/α-hetero) is 1. The molecule has 138 valence electrons. The second-order valence-corrected chi connectivity index (χ2v) is 8.36. The summed E-state index contributed by atoms with van der Waals surface area (Å²) < 4.78 is 28.6. The topological polar surface area (TPSA) is 77.5 Å². The van der Waals surface area contributed by atoms with Crippen molar-refractivity contribution in [2.24, 2.45) is 0 Å². The summed E-state index contributed by atoms with van der Waals surface area (Å²) in [6.07, 6.45) is 1.49. The van der Waals surface area contributed by atoms with Gasteiger partial charge in [0.05, 0.1) is 11.3 Å². The van der Waals surface area contributed by atoms with E-state index in [1.54, 1.807) is 13.8 Å². The molecular weight excluding hydrogens is 352 g/mol. The molecule has 0 bridgehead atoms. The lowest BCUT2D eigenvalue weighted by Crippen LogP contribution is -2.40. The van der Waals surface area contributed by atoms with Gasteiger partial charge in [0.25, 0.3) is 0 Å². The normalized spacial score (nSPS) is 13.7. The molecule has 0 N–H and O–H groups in total. The van der Waals surface area contributed by atoms with Gasteiger partial charge < -0.3 is 4.74 Å². The number of rotatable bonds is 7. The third-order valence-electron chi connectivity index (χ3n) is 4.23. The smallest absolute Gasteiger partial charge is 0.311 e. The van der Waals surface area contributed by atoms with Crippen LogP contribution in [0.1, 0.15) is 36.2 Å². The molecule has 6 heteroatoms. The van der Waals surface area contributed by atoms with Crippen LogP contribution in [0.25, 0.3) is 0 Å². The quantitative estimate of drug-likeness (QED) is 0.549. The van der Waals surface area contributed by atoms with Gasteiger partial charge in [-0.15, -0.1) is 0 Å². The lowest BCUT2D eigenvalue weighted by atomic mass is 9.92. The van der Waals surface area contributed by atoms with Crippen molar-refractivity contribution in [2.45, 2.75) is 37.2 Å². The van der Waals surface area contributed by atoms with Gasteiger partial charge in [0, 0.05) is 11.8 Å². The first-order valence-electron chi connectivity index (χ1n) is 8.26. The number of hydrogen-bond acceptors (Lipinski definition) is 5. The molecule has 0 aliphatic carbocycles. The zero-order chi connectivity index (χ0) is 19.4.